The highest BCUT2D eigenvalue weighted by Crippen LogP contribution is 2.24. The summed E-state index contributed by atoms with van der Waals surface area (Å²) >= 11 is 1.55. The number of rotatable bonds is 6. The zero-order valence-corrected chi connectivity index (χ0v) is 14.2. The molecule has 126 valence electrons. The van der Waals surface area contributed by atoms with Crippen LogP contribution >= 0.6 is 11.3 Å². The third kappa shape index (κ3) is 3.49. The zero-order chi connectivity index (χ0) is 17.1. The van der Waals surface area contributed by atoms with Crippen LogP contribution in [0.4, 0.5) is 0 Å². The van der Waals surface area contributed by atoms with Crippen molar-refractivity contribution in [3.05, 3.63) is 65.5 Å². The second kappa shape index (κ2) is 6.94. The molecule has 0 amide bonds. The van der Waals surface area contributed by atoms with Gasteiger partial charge in [-0.15, -0.1) is 11.3 Å². The molecule has 5 nitrogen and oxygen atoms in total. The number of hydrogen-bond donors (Lipinski definition) is 1. The molecule has 0 atom stereocenters. The molecule has 4 rings (SSSR count). The van der Waals surface area contributed by atoms with Crippen molar-refractivity contribution >= 4 is 28.2 Å². The van der Waals surface area contributed by atoms with Crippen molar-refractivity contribution in [2.75, 3.05) is 0 Å². The van der Waals surface area contributed by atoms with Crippen LogP contribution in [0.1, 0.15) is 17.7 Å². The minimum Gasteiger partial charge on any atom is -0.459 e. The zero-order valence-electron chi connectivity index (χ0n) is 13.4. The normalized spacial score (nSPS) is 11.0. The summed E-state index contributed by atoms with van der Waals surface area (Å²) in [6.45, 7) is 0.127. The van der Waals surface area contributed by atoms with E-state index in [9.17, 15) is 4.79 Å². The third-order valence-corrected chi connectivity index (χ3v) is 4.80. The number of carbonyl (C=O) groups excluding carboxylic acids is 1. The van der Waals surface area contributed by atoms with Gasteiger partial charge in [-0.3, -0.25) is 4.79 Å². The predicted molar refractivity (Wildman–Crippen MR) is 96.2 cm³/mol. The number of hydrogen-bond acceptors (Lipinski definition) is 5. The van der Waals surface area contributed by atoms with Gasteiger partial charge in [0.1, 0.15) is 18.6 Å². The van der Waals surface area contributed by atoms with Crippen LogP contribution in [-0.4, -0.2) is 15.9 Å². The van der Waals surface area contributed by atoms with E-state index in [0.717, 1.165) is 21.3 Å². The molecule has 0 radical (unpaired) electrons. The highest BCUT2D eigenvalue weighted by molar-refractivity contribution is 7.13. The van der Waals surface area contributed by atoms with Crippen LogP contribution in [0.2, 0.25) is 0 Å². The van der Waals surface area contributed by atoms with E-state index in [4.69, 9.17) is 9.15 Å². The van der Waals surface area contributed by atoms with E-state index in [-0.39, 0.29) is 12.6 Å². The number of aryl methyl sites for hydroxylation is 1. The molecule has 25 heavy (non-hydrogen) atoms. The van der Waals surface area contributed by atoms with Gasteiger partial charge in [0.2, 0.25) is 5.89 Å². The SMILES string of the molecule is O=C(CCc1c[nH]c2ccccc12)OCc1coc(-c2cccs2)n1. The van der Waals surface area contributed by atoms with Gasteiger partial charge < -0.3 is 14.1 Å². The first kappa shape index (κ1) is 15.7. The van der Waals surface area contributed by atoms with E-state index in [2.05, 4.69) is 9.97 Å². The van der Waals surface area contributed by atoms with Crippen LogP contribution in [-0.2, 0) is 22.6 Å². The van der Waals surface area contributed by atoms with Crippen molar-refractivity contribution in [1.29, 1.82) is 0 Å². The maximum atomic E-state index is 12.0. The van der Waals surface area contributed by atoms with Crippen molar-refractivity contribution in [3.63, 3.8) is 0 Å². The van der Waals surface area contributed by atoms with Gasteiger partial charge in [-0.1, -0.05) is 24.3 Å². The first-order valence-electron chi connectivity index (χ1n) is 7.98. The Labute approximate surface area is 148 Å². The second-order valence-corrected chi connectivity index (χ2v) is 6.59. The Morgan fingerprint density at radius 1 is 1.24 bits per heavy atom. The first-order chi connectivity index (χ1) is 12.3. The number of benzene rings is 1. The monoisotopic (exact) mass is 352 g/mol. The molecule has 1 N–H and O–H groups in total. The van der Waals surface area contributed by atoms with E-state index in [1.807, 2.05) is 48.0 Å². The van der Waals surface area contributed by atoms with Crippen LogP contribution in [0.25, 0.3) is 21.7 Å². The van der Waals surface area contributed by atoms with Crippen molar-refractivity contribution in [2.24, 2.45) is 0 Å². The van der Waals surface area contributed by atoms with E-state index in [1.165, 1.54) is 6.26 Å². The fourth-order valence-electron chi connectivity index (χ4n) is 2.69. The number of nitrogens with one attached hydrogen (secondary N) is 1. The van der Waals surface area contributed by atoms with Gasteiger partial charge in [0.25, 0.3) is 0 Å². The topological polar surface area (TPSA) is 68.1 Å². The lowest BCUT2D eigenvalue weighted by Gasteiger charge is -2.02. The van der Waals surface area contributed by atoms with Gasteiger partial charge in [-0.2, -0.15) is 0 Å². The number of thiophene rings is 1. The predicted octanol–water partition coefficient (Wildman–Crippen LogP) is 4.56. The summed E-state index contributed by atoms with van der Waals surface area (Å²) in [5, 5.41) is 3.11. The average Bonchev–Trinajstić information content (AvgIpc) is 3.38. The molecule has 0 aliphatic heterocycles. The Morgan fingerprint density at radius 2 is 2.16 bits per heavy atom. The molecule has 0 fully saturated rings. The van der Waals surface area contributed by atoms with Gasteiger partial charge >= 0.3 is 5.97 Å². The summed E-state index contributed by atoms with van der Waals surface area (Å²) in [5.41, 5.74) is 2.81. The van der Waals surface area contributed by atoms with Gasteiger partial charge in [0.05, 0.1) is 4.88 Å². The van der Waals surface area contributed by atoms with Crippen molar-refractivity contribution in [1.82, 2.24) is 9.97 Å². The lowest BCUT2D eigenvalue weighted by atomic mass is 10.1. The fourth-order valence-corrected chi connectivity index (χ4v) is 3.34. The molecule has 4 aromatic rings. The van der Waals surface area contributed by atoms with Gasteiger partial charge in [-0.05, 0) is 29.5 Å². The maximum absolute atomic E-state index is 12.0. The Bertz CT molecular complexity index is 985. The van der Waals surface area contributed by atoms with Crippen LogP contribution in [0.15, 0.2) is 58.7 Å². The van der Waals surface area contributed by atoms with Crippen molar-refractivity contribution < 1.29 is 13.9 Å². The quantitative estimate of drug-likeness (QED) is 0.517. The molecule has 0 spiro atoms. The largest absolute Gasteiger partial charge is 0.459 e. The average molecular weight is 352 g/mol. The lowest BCUT2D eigenvalue weighted by Crippen LogP contribution is -2.06. The van der Waals surface area contributed by atoms with Crippen LogP contribution < -0.4 is 0 Å². The number of carbonyl (C=O) groups is 1. The molecule has 0 saturated carbocycles. The minimum atomic E-state index is -0.244. The smallest absolute Gasteiger partial charge is 0.306 e. The molecule has 3 heterocycles. The molecule has 0 saturated heterocycles. The number of para-hydroxylation sites is 1. The molecule has 0 aliphatic carbocycles. The number of ether oxygens (including phenoxy) is 1. The number of fused-ring (bicyclic) bond motifs is 1. The summed E-state index contributed by atoms with van der Waals surface area (Å²) in [6.07, 6.45) is 4.45. The van der Waals surface area contributed by atoms with Gasteiger partial charge in [0.15, 0.2) is 0 Å². The first-order valence-corrected chi connectivity index (χ1v) is 8.86. The highest BCUT2D eigenvalue weighted by atomic mass is 32.1. The summed E-state index contributed by atoms with van der Waals surface area (Å²) in [7, 11) is 0. The molecular formula is C19H16N2O3S. The van der Waals surface area contributed by atoms with Crippen LogP contribution in [0.5, 0.6) is 0 Å². The Morgan fingerprint density at radius 3 is 3.04 bits per heavy atom. The number of aromatic amines is 1. The number of aromatic nitrogens is 2. The molecule has 6 heteroatoms. The van der Waals surface area contributed by atoms with Gasteiger partial charge in [0, 0.05) is 23.5 Å². The second-order valence-electron chi connectivity index (χ2n) is 5.64. The van der Waals surface area contributed by atoms with Gasteiger partial charge in [-0.25, -0.2) is 4.98 Å². The fraction of sp³-hybridized carbons (Fsp3) is 0.158. The van der Waals surface area contributed by atoms with Crippen molar-refractivity contribution in [3.8, 4) is 10.8 Å². The lowest BCUT2D eigenvalue weighted by molar-refractivity contribution is -0.145. The number of H-pyrrole nitrogens is 1. The molecule has 1 aromatic carbocycles. The molecule has 3 aromatic heterocycles. The summed E-state index contributed by atoms with van der Waals surface area (Å²) in [4.78, 5) is 20.5. The molecule has 0 unspecified atom stereocenters. The number of oxazole rings is 1. The van der Waals surface area contributed by atoms with E-state index < -0.39 is 0 Å². The molecular weight excluding hydrogens is 336 g/mol. The third-order valence-electron chi connectivity index (χ3n) is 3.94. The van der Waals surface area contributed by atoms with Crippen molar-refractivity contribution in [2.45, 2.75) is 19.4 Å². The molecule has 0 bridgehead atoms. The van der Waals surface area contributed by atoms with E-state index >= 15 is 0 Å². The Kier molecular flexibility index (Phi) is 4.35. The van der Waals surface area contributed by atoms with E-state index in [1.54, 1.807) is 11.3 Å². The number of nitrogens with zero attached hydrogens (tertiary/aromatic N) is 1. The standard InChI is InChI=1S/C19H16N2O3S/c22-18(8-7-13-10-20-16-5-2-1-4-15(13)16)23-11-14-12-24-19(21-14)17-6-3-9-25-17/h1-6,9-10,12,20H,7-8,11H2. The summed E-state index contributed by atoms with van der Waals surface area (Å²) in [5.74, 6) is 0.311. The van der Waals surface area contributed by atoms with E-state index in [0.29, 0.717) is 24.4 Å². The minimum absolute atomic E-state index is 0.127. The summed E-state index contributed by atoms with van der Waals surface area (Å²) in [6, 6.07) is 11.9. The Balaban J connectivity index is 1.31. The maximum Gasteiger partial charge on any atom is 0.306 e. The van der Waals surface area contributed by atoms with Crippen LogP contribution in [0.3, 0.4) is 0 Å². The highest BCUT2D eigenvalue weighted by Gasteiger charge is 2.11. The Hall–Kier alpha value is -2.86. The molecule has 0 aliphatic rings. The number of esters is 1. The summed E-state index contributed by atoms with van der Waals surface area (Å²) < 4.78 is 10.7. The van der Waals surface area contributed by atoms with Crippen LogP contribution in [0, 0.1) is 0 Å².